The molecule has 0 spiro atoms. The van der Waals surface area contributed by atoms with E-state index in [9.17, 15) is 9.59 Å². The van der Waals surface area contributed by atoms with Crippen LogP contribution in [0, 0.1) is 11.8 Å². The largest absolute Gasteiger partial charge is 0.334 e. The summed E-state index contributed by atoms with van der Waals surface area (Å²) < 4.78 is 0. The minimum atomic E-state index is -0.0295. The Morgan fingerprint density at radius 2 is 2.08 bits per heavy atom. The van der Waals surface area contributed by atoms with Crippen molar-refractivity contribution in [1.82, 2.24) is 10.2 Å². The van der Waals surface area contributed by atoms with Crippen molar-refractivity contribution in [1.29, 1.82) is 0 Å². The van der Waals surface area contributed by atoms with Gasteiger partial charge >= 0.3 is 6.03 Å². The molecule has 1 saturated carbocycles. The van der Waals surface area contributed by atoms with Crippen LogP contribution in [0.4, 0.5) is 10.5 Å². The van der Waals surface area contributed by atoms with Crippen LogP contribution in [0.5, 0.6) is 0 Å². The number of rotatable bonds is 6. The normalized spacial score (nSPS) is 20.9. The van der Waals surface area contributed by atoms with Crippen LogP contribution >= 0.6 is 0 Å². The molecule has 3 unspecified atom stereocenters. The minimum Gasteiger partial charge on any atom is -0.334 e. The summed E-state index contributed by atoms with van der Waals surface area (Å²) in [5.74, 6) is 0.708. The molecule has 2 N–H and O–H groups in total. The number of carbonyl (C=O) groups is 2. The van der Waals surface area contributed by atoms with Crippen LogP contribution in [-0.4, -0.2) is 29.9 Å². The van der Waals surface area contributed by atoms with Gasteiger partial charge in [-0.2, -0.15) is 0 Å². The molecule has 3 amide bonds. The number of amides is 3. The molecule has 0 heterocycles. The maximum absolute atomic E-state index is 12.5. The molecular formula is C21H33N3O2. The summed E-state index contributed by atoms with van der Waals surface area (Å²) in [5, 5.41) is 5.94. The number of nitrogens with one attached hydrogen (secondary N) is 2. The third-order valence-electron chi connectivity index (χ3n) is 5.47. The van der Waals surface area contributed by atoms with Crippen LogP contribution < -0.4 is 10.6 Å². The second kappa shape index (κ2) is 9.60. The zero-order chi connectivity index (χ0) is 19.1. The maximum atomic E-state index is 12.5. The predicted octanol–water partition coefficient (Wildman–Crippen LogP) is 4.39. The Balaban J connectivity index is 1.87. The topological polar surface area (TPSA) is 61.4 Å². The molecule has 0 aliphatic heterocycles. The lowest BCUT2D eigenvalue weighted by Gasteiger charge is -2.34. The number of hydrogen-bond acceptors (Lipinski definition) is 2. The van der Waals surface area contributed by atoms with Gasteiger partial charge < -0.3 is 15.5 Å². The van der Waals surface area contributed by atoms with E-state index < -0.39 is 0 Å². The number of urea groups is 1. The van der Waals surface area contributed by atoms with Crippen molar-refractivity contribution in [3.8, 4) is 0 Å². The molecule has 3 atom stereocenters. The summed E-state index contributed by atoms with van der Waals surface area (Å²) in [6, 6.07) is 7.96. The average Bonchev–Trinajstić information content (AvgIpc) is 2.65. The molecule has 0 bridgehead atoms. The Kier molecular flexibility index (Phi) is 7.49. The van der Waals surface area contributed by atoms with E-state index in [0.717, 1.165) is 30.5 Å². The summed E-state index contributed by atoms with van der Waals surface area (Å²) in [7, 11) is 1.89. The Morgan fingerprint density at radius 3 is 2.77 bits per heavy atom. The van der Waals surface area contributed by atoms with Gasteiger partial charge in [0, 0.05) is 31.2 Å². The van der Waals surface area contributed by atoms with Gasteiger partial charge in [-0.3, -0.25) is 4.79 Å². The molecule has 0 saturated heterocycles. The summed E-state index contributed by atoms with van der Waals surface area (Å²) in [5.41, 5.74) is 1.75. The summed E-state index contributed by atoms with van der Waals surface area (Å²) in [4.78, 5) is 26.3. The van der Waals surface area contributed by atoms with Gasteiger partial charge in [-0.25, -0.2) is 4.79 Å². The predicted molar refractivity (Wildman–Crippen MR) is 106 cm³/mol. The van der Waals surface area contributed by atoms with Crippen molar-refractivity contribution in [2.24, 2.45) is 11.8 Å². The number of benzene rings is 1. The highest BCUT2D eigenvalue weighted by molar-refractivity contribution is 5.92. The molecule has 1 aromatic carbocycles. The van der Waals surface area contributed by atoms with E-state index in [-0.39, 0.29) is 17.9 Å². The molecule has 0 radical (unpaired) electrons. The van der Waals surface area contributed by atoms with Crippen molar-refractivity contribution in [2.75, 3.05) is 12.4 Å². The number of carbonyl (C=O) groups excluding carboxylic acids is 2. The molecule has 2 rings (SSSR count). The Labute approximate surface area is 157 Å². The first-order valence-corrected chi connectivity index (χ1v) is 9.81. The van der Waals surface area contributed by atoms with Crippen LogP contribution in [0.25, 0.3) is 0 Å². The fourth-order valence-electron chi connectivity index (χ4n) is 3.43. The third-order valence-corrected chi connectivity index (χ3v) is 5.47. The van der Waals surface area contributed by atoms with Gasteiger partial charge in [0.2, 0.25) is 5.91 Å². The highest BCUT2D eigenvalue weighted by Crippen LogP contribution is 2.26. The monoisotopic (exact) mass is 359 g/mol. The van der Waals surface area contributed by atoms with Gasteiger partial charge in [-0.05, 0) is 42.9 Å². The lowest BCUT2D eigenvalue weighted by atomic mass is 9.86. The van der Waals surface area contributed by atoms with Crippen LogP contribution in [0.15, 0.2) is 24.3 Å². The van der Waals surface area contributed by atoms with Crippen molar-refractivity contribution in [3.63, 3.8) is 0 Å². The van der Waals surface area contributed by atoms with Crippen molar-refractivity contribution >= 4 is 17.6 Å². The lowest BCUT2D eigenvalue weighted by molar-refractivity contribution is -0.119. The summed E-state index contributed by atoms with van der Waals surface area (Å²) in [6.45, 7) is 6.64. The SMILES string of the molecule is CCC(C)C(=O)Nc1cccc(CNC(=O)N(C)C2CCCC(C)C2)c1. The van der Waals surface area contributed by atoms with E-state index in [2.05, 4.69) is 17.6 Å². The maximum Gasteiger partial charge on any atom is 0.317 e. The first-order valence-electron chi connectivity index (χ1n) is 9.81. The van der Waals surface area contributed by atoms with E-state index in [4.69, 9.17) is 0 Å². The van der Waals surface area contributed by atoms with Crippen LogP contribution in [0.1, 0.15) is 58.4 Å². The van der Waals surface area contributed by atoms with Gasteiger partial charge in [-0.1, -0.05) is 45.7 Å². The molecule has 1 fully saturated rings. The second-order valence-corrected chi connectivity index (χ2v) is 7.69. The van der Waals surface area contributed by atoms with Gasteiger partial charge in [0.1, 0.15) is 0 Å². The number of hydrogen-bond donors (Lipinski definition) is 2. The molecule has 1 aromatic rings. The van der Waals surface area contributed by atoms with E-state index in [0.29, 0.717) is 18.5 Å². The van der Waals surface area contributed by atoms with Gasteiger partial charge in [0.05, 0.1) is 0 Å². The van der Waals surface area contributed by atoms with Gasteiger partial charge in [-0.15, -0.1) is 0 Å². The van der Waals surface area contributed by atoms with Crippen LogP contribution in [-0.2, 0) is 11.3 Å². The number of nitrogens with zero attached hydrogens (tertiary/aromatic N) is 1. The quantitative estimate of drug-likeness (QED) is 0.791. The lowest BCUT2D eigenvalue weighted by Crippen LogP contribution is -2.45. The van der Waals surface area contributed by atoms with Crippen molar-refractivity contribution < 1.29 is 9.59 Å². The van der Waals surface area contributed by atoms with Gasteiger partial charge in [0.25, 0.3) is 0 Å². The van der Waals surface area contributed by atoms with Crippen molar-refractivity contribution in [3.05, 3.63) is 29.8 Å². The molecule has 26 heavy (non-hydrogen) atoms. The Morgan fingerprint density at radius 1 is 1.31 bits per heavy atom. The van der Waals surface area contributed by atoms with E-state index in [1.54, 1.807) is 0 Å². The Bertz CT molecular complexity index is 617. The highest BCUT2D eigenvalue weighted by Gasteiger charge is 2.25. The highest BCUT2D eigenvalue weighted by atomic mass is 16.2. The summed E-state index contributed by atoms with van der Waals surface area (Å²) >= 11 is 0. The average molecular weight is 360 g/mol. The van der Waals surface area contributed by atoms with Crippen LogP contribution in [0.2, 0.25) is 0 Å². The molecule has 1 aliphatic rings. The zero-order valence-corrected chi connectivity index (χ0v) is 16.5. The standard InChI is InChI=1S/C21H33N3O2/c1-5-16(3)20(25)23-18-10-7-9-17(13-18)14-22-21(26)24(4)19-11-6-8-15(2)12-19/h7,9-10,13,15-16,19H,5-6,8,11-12,14H2,1-4H3,(H,22,26)(H,23,25). The third kappa shape index (κ3) is 5.75. The molecule has 5 nitrogen and oxygen atoms in total. The van der Waals surface area contributed by atoms with Crippen LogP contribution in [0.3, 0.4) is 0 Å². The van der Waals surface area contributed by atoms with E-state index in [1.807, 2.05) is 50.1 Å². The first kappa shape index (κ1) is 20.3. The molecule has 0 aromatic heterocycles. The Hall–Kier alpha value is -2.04. The van der Waals surface area contributed by atoms with E-state index >= 15 is 0 Å². The fourth-order valence-corrected chi connectivity index (χ4v) is 3.43. The van der Waals surface area contributed by atoms with E-state index in [1.165, 1.54) is 12.8 Å². The zero-order valence-electron chi connectivity index (χ0n) is 16.5. The minimum absolute atomic E-state index is 0.00936. The molecule has 1 aliphatic carbocycles. The smallest absolute Gasteiger partial charge is 0.317 e. The van der Waals surface area contributed by atoms with Gasteiger partial charge in [0.15, 0.2) is 0 Å². The summed E-state index contributed by atoms with van der Waals surface area (Å²) in [6.07, 6.45) is 5.45. The molecule has 144 valence electrons. The fraction of sp³-hybridized carbons (Fsp3) is 0.619. The van der Waals surface area contributed by atoms with Crippen molar-refractivity contribution in [2.45, 2.75) is 65.5 Å². The molecule has 5 heteroatoms. The molecular weight excluding hydrogens is 326 g/mol. The second-order valence-electron chi connectivity index (χ2n) is 7.69. The number of anilines is 1. The first-order chi connectivity index (χ1) is 12.4.